The van der Waals surface area contributed by atoms with Gasteiger partial charge in [0.2, 0.25) is 0 Å². The van der Waals surface area contributed by atoms with Crippen molar-refractivity contribution in [2.75, 3.05) is 12.4 Å². The Hall–Kier alpha value is -2.36. The van der Waals surface area contributed by atoms with Gasteiger partial charge >= 0.3 is 0 Å². The minimum atomic E-state index is -0.303. The molecule has 0 aliphatic rings. The Balaban J connectivity index is 2.09. The molecular weight excluding hydrogens is 255 g/mol. The highest BCUT2D eigenvalue weighted by Crippen LogP contribution is 2.17. The minimum Gasteiger partial charge on any atom is -0.387 e. The largest absolute Gasteiger partial charge is 0.387 e. The minimum absolute atomic E-state index is 0.182. The summed E-state index contributed by atoms with van der Waals surface area (Å²) in [6.07, 6.45) is 0. The van der Waals surface area contributed by atoms with Gasteiger partial charge in [0.25, 0.3) is 5.91 Å². The average Bonchev–Trinajstić information content (AvgIpc) is 2.44. The smallest absolute Gasteiger partial charge is 0.253 e. The van der Waals surface area contributed by atoms with E-state index in [4.69, 9.17) is 0 Å². The van der Waals surface area contributed by atoms with Crippen molar-refractivity contribution in [1.29, 1.82) is 0 Å². The van der Waals surface area contributed by atoms with Gasteiger partial charge in [0, 0.05) is 19.3 Å². The van der Waals surface area contributed by atoms with Crippen LogP contribution in [0.3, 0.4) is 0 Å². The SMILES string of the molecule is CNc1cc(C)ccc1C(=O)NCc1cccc(F)c1. The molecule has 0 spiro atoms. The van der Waals surface area contributed by atoms with Gasteiger partial charge in [0.15, 0.2) is 0 Å². The third kappa shape index (κ3) is 3.35. The molecule has 2 N–H and O–H groups in total. The molecule has 104 valence electrons. The van der Waals surface area contributed by atoms with Gasteiger partial charge in [0.05, 0.1) is 5.56 Å². The lowest BCUT2D eigenvalue weighted by Gasteiger charge is -2.11. The second kappa shape index (κ2) is 6.19. The van der Waals surface area contributed by atoms with E-state index < -0.39 is 0 Å². The molecule has 1 amide bonds. The Bertz CT molecular complexity index is 626. The number of halogens is 1. The molecule has 0 aliphatic heterocycles. The van der Waals surface area contributed by atoms with Crippen LogP contribution < -0.4 is 10.6 Å². The third-order valence-corrected chi connectivity index (χ3v) is 3.03. The zero-order valence-electron chi connectivity index (χ0n) is 11.5. The number of benzene rings is 2. The molecule has 0 fully saturated rings. The summed E-state index contributed by atoms with van der Waals surface area (Å²) in [6.45, 7) is 2.27. The molecule has 2 aromatic rings. The molecule has 0 radical (unpaired) electrons. The van der Waals surface area contributed by atoms with E-state index in [1.54, 1.807) is 25.2 Å². The number of carbonyl (C=O) groups excluding carboxylic acids is 1. The van der Waals surface area contributed by atoms with Gasteiger partial charge in [-0.25, -0.2) is 4.39 Å². The van der Waals surface area contributed by atoms with Crippen molar-refractivity contribution >= 4 is 11.6 Å². The van der Waals surface area contributed by atoms with Crippen LogP contribution in [0, 0.1) is 12.7 Å². The molecule has 4 heteroatoms. The van der Waals surface area contributed by atoms with Crippen molar-refractivity contribution in [3.8, 4) is 0 Å². The number of rotatable bonds is 4. The second-order valence-corrected chi connectivity index (χ2v) is 4.61. The number of carbonyl (C=O) groups is 1. The van der Waals surface area contributed by atoms with Crippen molar-refractivity contribution in [2.24, 2.45) is 0 Å². The Kier molecular flexibility index (Phi) is 4.35. The Morgan fingerprint density at radius 2 is 2.00 bits per heavy atom. The molecule has 0 unspecified atom stereocenters. The summed E-state index contributed by atoms with van der Waals surface area (Å²) < 4.78 is 13.1. The van der Waals surface area contributed by atoms with Gasteiger partial charge in [-0.1, -0.05) is 18.2 Å². The molecule has 0 atom stereocenters. The first-order valence-corrected chi connectivity index (χ1v) is 6.41. The first-order chi connectivity index (χ1) is 9.60. The number of nitrogens with one attached hydrogen (secondary N) is 2. The van der Waals surface area contributed by atoms with Crippen LogP contribution in [0.1, 0.15) is 21.5 Å². The monoisotopic (exact) mass is 272 g/mol. The van der Waals surface area contributed by atoms with Crippen LogP contribution in [0.5, 0.6) is 0 Å². The predicted octanol–water partition coefficient (Wildman–Crippen LogP) is 3.11. The zero-order chi connectivity index (χ0) is 14.5. The summed E-state index contributed by atoms with van der Waals surface area (Å²) in [6, 6.07) is 11.8. The van der Waals surface area contributed by atoms with Crippen LogP contribution >= 0.6 is 0 Å². The van der Waals surface area contributed by atoms with Crippen LogP contribution in [0.4, 0.5) is 10.1 Å². The highest BCUT2D eigenvalue weighted by atomic mass is 19.1. The summed E-state index contributed by atoms with van der Waals surface area (Å²) in [5.74, 6) is -0.485. The van der Waals surface area contributed by atoms with E-state index >= 15 is 0 Å². The van der Waals surface area contributed by atoms with Crippen molar-refractivity contribution in [3.63, 3.8) is 0 Å². The van der Waals surface area contributed by atoms with Gasteiger partial charge in [-0.05, 0) is 42.3 Å². The van der Waals surface area contributed by atoms with E-state index in [1.807, 2.05) is 19.1 Å². The fraction of sp³-hybridized carbons (Fsp3) is 0.188. The van der Waals surface area contributed by atoms with Crippen LogP contribution in [0.25, 0.3) is 0 Å². The van der Waals surface area contributed by atoms with E-state index in [0.717, 1.165) is 16.8 Å². The lowest BCUT2D eigenvalue weighted by molar-refractivity contribution is 0.0951. The van der Waals surface area contributed by atoms with Gasteiger partial charge in [-0.3, -0.25) is 4.79 Å². The van der Waals surface area contributed by atoms with Gasteiger partial charge < -0.3 is 10.6 Å². The lowest BCUT2D eigenvalue weighted by Crippen LogP contribution is -2.23. The Morgan fingerprint density at radius 1 is 1.20 bits per heavy atom. The van der Waals surface area contributed by atoms with Crippen LogP contribution in [-0.4, -0.2) is 13.0 Å². The summed E-state index contributed by atoms with van der Waals surface area (Å²) in [4.78, 5) is 12.1. The number of anilines is 1. The summed E-state index contributed by atoms with van der Waals surface area (Å²) >= 11 is 0. The molecule has 0 bridgehead atoms. The highest BCUT2D eigenvalue weighted by molar-refractivity contribution is 5.99. The zero-order valence-corrected chi connectivity index (χ0v) is 11.5. The lowest BCUT2D eigenvalue weighted by atomic mass is 10.1. The van der Waals surface area contributed by atoms with Gasteiger partial charge in [0.1, 0.15) is 5.82 Å². The quantitative estimate of drug-likeness (QED) is 0.898. The molecule has 20 heavy (non-hydrogen) atoms. The fourth-order valence-electron chi connectivity index (χ4n) is 1.99. The highest BCUT2D eigenvalue weighted by Gasteiger charge is 2.10. The van der Waals surface area contributed by atoms with Gasteiger partial charge in [-0.15, -0.1) is 0 Å². The third-order valence-electron chi connectivity index (χ3n) is 3.03. The molecule has 2 aromatic carbocycles. The molecule has 0 saturated carbocycles. The molecule has 0 aromatic heterocycles. The summed E-state index contributed by atoms with van der Waals surface area (Å²) in [7, 11) is 1.78. The Morgan fingerprint density at radius 3 is 2.70 bits per heavy atom. The topological polar surface area (TPSA) is 41.1 Å². The van der Waals surface area contributed by atoms with E-state index in [-0.39, 0.29) is 11.7 Å². The molecular formula is C16H17FN2O. The second-order valence-electron chi connectivity index (χ2n) is 4.61. The molecule has 2 rings (SSSR count). The molecule has 0 heterocycles. The standard InChI is InChI=1S/C16H17FN2O/c1-11-6-7-14(15(8-11)18-2)16(20)19-10-12-4-3-5-13(17)9-12/h3-9,18H,10H2,1-2H3,(H,19,20). The maximum atomic E-state index is 13.1. The molecule has 0 aliphatic carbocycles. The summed E-state index contributed by atoms with van der Waals surface area (Å²) in [5.41, 5.74) is 3.17. The van der Waals surface area contributed by atoms with Crippen molar-refractivity contribution < 1.29 is 9.18 Å². The maximum absolute atomic E-state index is 13.1. The van der Waals surface area contributed by atoms with Crippen molar-refractivity contribution in [3.05, 3.63) is 65.0 Å². The first-order valence-electron chi connectivity index (χ1n) is 6.41. The number of amides is 1. The van der Waals surface area contributed by atoms with Crippen molar-refractivity contribution in [1.82, 2.24) is 5.32 Å². The van der Waals surface area contributed by atoms with Crippen molar-refractivity contribution in [2.45, 2.75) is 13.5 Å². The first kappa shape index (κ1) is 14.1. The Labute approximate surface area is 117 Å². The van der Waals surface area contributed by atoms with Crippen LogP contribution in [0.15, 0.2) is 42.5 Å². The average molecular weight is 272 g/mol. The molecule has 3 nitrogen and oxygen atoms in total. The maximum Gasteiger partial charge on any atom is 0.253 e. The summed E-state index contributed by atoms with van der Waals surface area (Å²) in [5, 5.41) is 5.79. The normalized spacial score (nSPS) is 10.2. The van der Waals surface area contributed by atoms with E-state index in [9.17, 15) is 9.18 Å². The number of hydrogen-bond donors (Lipinski definition) is 2. The van der Waals surface area contributed by atoms with Crippen LogP contribution in [-0.2, 0) is 6.54 Å². The fourth-order valence-corrected chi connectivity index (χ4v) is 1.99. The number of hydrogen-bond acceptors (Lipinski definition) is 2. The van der Waals surface area contributed by atoms with E-state index in [0.29, 0.717) is 12.1 Å². The van der Waals surface area contributed by atoms with Crippen LogP contribution in [0.2, 0.25) is 0 Å². The molecule has 0 saturated heterocycles. The number of aryl methyl sites for hydroxylation is 1. The van der Waals surface area contributed by atoms with E-state index in [1.165, 1.54) is 12.1 Å². The predicted molar refractivity (Wildman–Crippen MR) is 78.3 cm³/mol. The van der Waals surface area contributed by atoms with E-state index in [2.05, 4.69) is 10.6 Å². The van der Waals surface area contributed by atoms with Gasteiger partial charge in [-0.2, -0.15) is 0 Å².